The monoisotopic (exact) mass is 380 g/mol. The summed E-state index contributed by atoms with van der Waals surface area (Å²) in [6.45, 7) is 4.05. The Labute approximate surface area is 171 Å². The second kappa shape index (κ2) is 8.27. The van der Waals surface area contributed by atoms with Crippen molar-refractivity contribution in [2.45, 2.75) is 26.3 Å². The molecule has 0 spiro atoms. The smallest absolute Gasteiger partial charge is 0.225 e. The van der Waals surface area contributed by atoms with E-state index in [0.29, 0.717) is 6.42 Å². The fourth-order valence-electron chi connectivity index (χ4n) is 3.85. The number of aryl methyl sites for hydroxylation is 2. The van der Waals surface area contributed by atoms with Gasteiger partial charge >= 0.3 is 0 Å². The van der Waals surface area contributed by atoms with Gasteiger partial charge in [0, 0.05) is 11.1 Å². The minimum Gasteiger partial charge on any atom is -0.345 e. The number of fused-ring (bicyclic) bond motifs is 1. The van der Waals surface area contributed by atoms with Crippen LogP contribution >= 0.6 is 0 Å². The minimum absolute atomic E-state index is 0.00835. The van der Waals surface area contributed by atoms with Gasteiger partial charge in [0.15, 0.2) is 0 Å². The maximum absolute atomic E-state index is 13.1. The molecule has 144 valence electrons. The summed E-state index contributed by atoms with van der Waals surface area (Å²) in [5.74, 6) is -0.00835. The number of rotatable bonds is 5. The van der Waals surface area contributed by atoms with Crippen molar-refractivity contribution in [3.05, 3.63) is 113 Å². The molecule has 0 aliphatic rings. The largest absolute Gasteiger partial charge is 0.345 e. The number of nitrogens with zero attached hydrogens (tertiary/aromatic N) is 1. The average Bonchev–Trinajstić information content (AvgIpc) is 2.76. The zero-order valence-electron chi connectivity index (χ0n) is 16.7. The average molecular weight is 380 g/mol. The van der Waals surface area contributed by atoms with Crippen molar-refractivity contribution in [1.29, 1.82) is 0 Å². The Hall–Kier alpha value is -3.46. The Morgan fingerprint density at radius 1 is 0.828 bits per heavy atom. The third-order valence-corrected chi connectivity index (χ3v) is 5.39. The summed E-state index contributed by atoms with van der Waals surface area (Å²) in [6, 6.07) is 28.1. The first-order valence-electron chi connectivity index (χ1n) is 9.87. The van der Waals surface area contributed by atoms with Gasteiger partial charge in [0.05, 0.1) is 18.0 Å². The summed E-state index contributed by atoms with van der Waals surface area (Å²) < 4.78 is 0. The predicted molar refractivity (Wildman–Crippen MR) is 118 cm³/mol. The molecule has 0 aliphatic heterocycles. The molecule has 0 fully saturated rings. The first-order chi connectivity index (χ1) is 14.1. The lowest BCUT2D eigenvalue weighted by Crippen LogP contribution is -2.31. The highest BCUT2D eigenvalue weighted by atomic mass is 16.1. The van der Waals surface area contributed by atoms with Gasteiger partial charge in [-0.25, -0.2) is 0 Å². The van der Waals surface area contributed by atoms with Crippen LogP contribution in [0.2, 0.25) is 0 Å². The molecule has 3 nitrogen and oxygen atoms in total. The van der Waals surface area contributed by atoms with E-state index in [2.05, 4.69) is 18.3 Å². The van der Waals surface area contributed by atoms with Crippen LogP contribution in [0.3, 0.4) is 0 Å². The number of carbonyl (C=O) groups excluding carboxylic acids is 1. The molecule has 1 aromatic heterocycles. The van der Waals surface area contributed by atoms with E-state index in [1.54, 1.807) is 0 Å². The predicted octanol–water partition coefficient (Wildman–Crippen LogP) is 5.30. The van der Waals surface area contributed by atoms with Crippen LogP contribution in [0.5, 0.6) is 0 Å². The molecule has 0 radical (unpaired) electrons. The zero-order chi connectivity index (χ0) is 20.2. The number of nitrogens with one attached hydrogen (secondary N) is 1. The molecule has 0 saturated carbocycles. The summed E-state index contributed by atoms with van der Waals surface area (Å²) in [5, 5.41) is 4.33. The summed E-state index contributed by atoms with van der Waals surface area (Å²) in [4.78, 5) is 17.8. The molecule has 1 amide bonds. The summed E-state index contributed by atoms with van der Waals surface area (Å²) in [6.07, 6.45) is 0.311. The Balaban J connectivity index is 1.63. The lowest BCUT2D eigenvalue weighted by molar-refractivity contribution is -0.121. The standard InChI is InChI=1S/C26H24N2O/c1-18-22-15-9-10-16-24(22)27-19(2)23(18)17-25(29)28-26(20-11-5-3-6-12-20)21-13-7-4-8-14-21/h3-16,26H,17H2,1-2H3,(H,28,29). The van der Waals surface area contributed by atoms with Crippen LogP contribution < -0.4 is 5.32 Å². The van der Waals surface area contributed by atoms with Crippen LogP contribution in [0, 0.1) is 13.8 Å². The second-order valence-corrected chi connectivity index (χ2v) is 7.32. The van der Waals surface area contributed by atoms with Gasteiger partial charge in [-0.1, -0.05) is 78.9 Å². The first-order valence-corrected chi connectivity index (χ1v) is 9.87. The van der Waals surface area contributed by atoms with Gasteiger partial charge in [0.25, 0.3) is 0 Å². The number of para-hydroxylation sites is 1. The molecule has 0 aliphatic carbocycles. The number of aromatic nitrogens is 1. The SMILES string of the molecule is Cc1nc2ccccc2c(C)c1CC(=O)NC(c1ccccc1)c1ccccc1. The van der Waals surface area contributed by atoms with Gasteiger partial charge in [-0.05, 0) is 42.2 Å². The maximum Gasteiger partial charge on any atom is 0.225 e. The van der Waals surface area contributed by atoms with E-state index in [-0.39, 0.29) is 11.9 Å². The van der Waals surface area contributed by atoms with Crippen molar-refractivity contribution in [1.82, 2.24) is 10.3 Å². The lowest BCUT2D eigenvalue weighted by Gasteiger charge is -2.21. The van der Waals surface area contributed by atoms with Crippen molar-refractivity contribution >= 4 is 16.8 Å². The molecule has 0 bridgehead atoms. The Bertz CT molecular complexity index is 1100. The van der Waals surface area contributed by atoms with E-state index < -0.39 is 0 Å². The van der Waals surface area contributed by atoms with Crippen LogP contribution in [-0.4, -0.2) is 10.9 Å². The molecule has 4 rings (SSSR count). The number of amides is 1. The van der Waals surface area contributed by atoms with Gasteiger partial charge in [-0.3, -0.25) is 9.78 Å². The highest BCUT2D eigenvalue weighted by molar-refractivity contribution is 5.86. The molecule has 3 heteroatoms. The van der Waals surface area contributed by atoms with Crippen molar-refractivity contribution in [3.63, 3.8) is 0 Å². The van der Waals surface area contributed by atoms with E-state index in [0.717, 1.165) is 38.9 Å². The number of benzene rings is 3. The van der Waals surface area contributed by atoms with E-state index in [1.165, 1.54) is 0 Å². The minimum atomic E-state index is -0.182. The van der Waals surface area contributed by atoms with Gasteiger partial charge < -0.3 is 5.32 Å². The molecule has 0 unspecified atom stereocenters. The van der Waals surface area contributed by atoms with Crippen LogP contribution in [0.1, 0.15) is 34.0 Å². The quantitative estimate of drug-likeness (QED) is 0.510. The second-order valence-electron chi connectivity index (χ2n) is 7.32. The normalized spacial score (nSPS) is 11.0. The molecule has 1 N–H and O–H groups in total. The van der Waals surface area contributed by atoms with Crippen LogP contribution in [-0.2, 0) is 11.2 Å². The van der Waals surface area contributed by atoms with Crippen LogP contribution in [0.25, 0.3) is 10.9 Å². The van der Waals surface area contributed by atoms with E-state index in [1.807, 2.05) is 85.8 Å². The van der Waals surface area contributed by atoms with E-state index in [9.17, 15) is 4.79 Å². The topological polar surface area (TPSA) is 42.0 Å². The van der Waals surface area contributed by atoms with E-state index in [4.69, 9.17) is 4.98 Å². The third kappa shape index (κ3) is 4.04. The molecule has 4 aromatic rings. The number of pyridine rings is 1. The number of hydrogen-bond donors (Lipinski definition) is 1. The summed E-state index contributed by atoms with van der Waals surface area (Å²) in [7, 11) is 0. The number of carbonyl (C=O) groups is 1. The van der Waals surface area contributed by atoms with Gasteiger partial charge in [-0.2, -0.15) is 0 Å². The zero-order valence-corrected chi connectivity index (χ0v) is 16.7. The van der Waals surface area contributed by atoms with Gasteiger partial charge in [0.2, 0.25) is 5.91 Å². The van der Waals surface area contributed by atoms with Gasteiger partial charge in [0.1, 0.15) is 0 Å². The Morgan fingerprint density at radius 2 is 1.38 bits per heavy atom. The van der Waals surface area contributed by atoms with Crippen LogP contribution in [0.4, 0.5) is 0 Å². The maximum atomic E-state index is 13.1. The summed E-state index contributed by atoms with van der Waals surface area (Å²) >= 11 is 0. The molecule has 3 aromatic carbocycles. The van der Waals surface area contributed by atoms with Crippen LogP contribution in [0.15, 0.2) is 84.9 Å². The molecule has 1 heterocycles. The highest BCUT2D eigenvalue weighted by Gasteiger charge is 2.19. The fourth-order valence-corrected chi connectivity index (χ4v) is 3.85. The van der Waals surface area contributed by atoms with Crippen molar-refractivity contribution in [3.8, 4) is 0 Å². The highest BCUT2D eigenvalue weighted by Crippen LogP contribution is 2.25. The molecular weight excluding hydrogens is 356 g/mol. The molecular formula is C26H24N2O. The molecule has 29 heavy (non-hydrogen) atoms. The molecule has 0 saturated heterocycles. The van der Waals surface area contributed by atoms with E-state index >= 15 is 0 Å². The van der Waals surface area contributed by atoms with Crippen molar-refractivity contribution in [2.24, 2.45) is 0 Å². The Morgan fingerprint density at radius 3 is 2.00 bits per heavy atom. The van der Waals surface area contributed by atoms with Crippen molar-refractivity contribution < 1.29 is 4.79 Å². The number of hydrogen-bond acceptors (Lipinski definition) is 2. The summed E-state index contributed by atoms with van der Waals surface area (Å²) in [5.41, 5.74) is 6.14. The Kier molecular flexibility index (Phi) is 5.39. The van der Waals surface area contributed by atoms with Crippen molar-refractivity contribution in [2.75, 3.05) is 0 Å². The third-order valence-electron chi connectivity index (χ3n) is 5.39. The lowest BCUT2D eigenvalue weighted by atomic mass is 9.97. The molecule has 0 atom stereocenters. The van der Waals surface area contributed by atoms with Gasteiger partial charge in [-0.15, -0.1) is 0 Å². The first kappa shape index (κ1) is 18.9. The fraction of sp³-hybridized carbons (Fsp3) is 0.154.